The van der Waals surface area contributed by atoms with Crippen molar-refractivity contribution in [2.45, 2.75) is 26.8 Å². The van der Waals surface area contributed by atoms with E-state index in [0.717, 1.165) is 0 Å². The van der Waals surface area contributed by atoms with Gasteiger partial charge < -0.3 is 19.7 Å². The minimum atomic E-state index is -3.56. The summed E-state index contributed by atoms with van der Waals surface area (Å²) in [6.07, 6.45) is 3.44. The van der Waals surface area contributed by atoms with Crippen LogP contribution >= 0.6 is 7.60 Å². The first-order valence-electron chi connectivity index (χ1n) is 8.33. The molecule has 9 heteroatoms. The molecule has 1 rings (SSSR count). The number of hydrogen-bond acceptors (Lipinski definition) is 7. The smallest absolute Gasteiger partial charge is 0.349 e. The summed E-state index contributed by atoms with van der Waals surface area (Å²) >= 11 is 0. The van der Waals surface area contributed by atoms with Gasteiger partial charge in [-0.2, -0.15) is 0 Å². The molecule has 1 atom stereocenters. The van der Waals surface area contributed by atoms with Crippen LogP contribution in [0.15, 0.2) is 48.4 Å². The van der Waals surface area contributed by atoms with Crippen LogP contribution in [0.3, 0.4) is 0 Å². The highest BCUT2D eigenvalue weighted by Crippen LogP contribution is 2.56. The van der Waals surface area contributed by atoms with E-state index in [1.807, 2.05) is 6.92 Å². The van der Waals surface area contributed by atoms with Crippen molar-refractivity contribution < 1.29 is 18.5 Å². The van der Waals surface area contributed by atoms with E-state index < -0.39 is 12.5 Å². The van der Waals surface area contributed by atoms with Gasteiger partial charge in [0.15, 0.2) is 0 Å². The molecular formula is C17H26N3O5P. The lowest BCUT2D eigenvalue weighted by Gasteiger charge is -2.22. The second-order valence-electron chi connectivity index (χ2n) is 5.30. The Hall–Kier alpha value is -1.99. The zero-order chi connectivity index (χ0) is 19.6. The van der Waals surface area contributed by atoms with Gasteiger partial charge in [0.05, 0.1) is 18.1 Å². The minimum absolute atomic E-state index is 0.0279. The van der Waals surface area contributed by atoms with Gasteiger partial charge in [0, 0.05) is 30.4 Å². The van der Waals surface area contributed by atoms with Gasteiger partial charge >= 0.3 is 7.60 Å². The van der Waals surface area contributed by atoms with Gasteiger partial charge in [-0.05, 0) is 39.0 Å². The second kappa shape index (κ2) is 10.9. The minimum Gasteiger partial charge on any atom is -0.349 e. The van der Waals surface area contributed by atoms with Crippen molar-refractivity contribution in [3.05, 3.63) is 58.5 Å². The van der Waals surface area contributed by atoms with Crippen LogP contribution in [0.5, 0.6) is 0 Å². The van der Waals surface area contributed by atoms with Crippen LogP contribution in [-0.2, 0) is 13.6 Å². The number of benzene rings is 1. The summed E-state index contributed by atoms with van der Waals surface area (Å²) in [6.45, 7) is 10.0. The molecule has 0 radical (unpaired) electrons. The van der Waals surface area contributed by atoms with Gasteiger partial charge in [0.1, 0.15) is 5.44 Å². The first kappa shape index (κ1) is 22.1. The largest absolute Gasteiger partial charge is 0.377 e. The Morgan fingerprint density at radius 2 is 1.88 bits per heavy atom. The highest BCUT2D eigenvalue weighted by Gasteiger charge is 2.30. The van der Waals surface area contributed by atoms with E-state index in [4.69, 9.17) is 9.05 Å². The van der Waals surface area contributed by atoms with Gasteiger partial charge in [0.2, 0.25) is 0 Å². The number of non-ortho nitro benzene ring substituents is 1. The normalized spacial score (nSPS) is 13.3. The van der Waals surface area contributed by atoms with Crippen molar-refractivity contribution in [1.29, 1.82) is 0 Å². The molecule has 144 valence electrons. The van der Waals surface area contributed by atoms with Crippen molar-refractivity contribution in [2.75, 3.05) is 25.1 Å². The van der Waals surface area contributed by atoms with E-state index in [-0.39, 0.29) is 30.4 Å². The first-order valence-corrected chi connectivity index (χ1v) is 9.87. The van der Waals surface area contributed by atoms with Crippen LogP contribution in [0.25, 0.3) is 0 Å². The summed E-state index contributed by atoms with van der Waals surface area (Å²) < 4.78 is 24.0. The van der Waals surface area contributed by atoms with Crippen molar-refractivity contribution in [3.8, 4) is 0 Å². The van der Waals surface area contributed by atoms with Crippen LogP contribution in [0.4, 0.5) is 11.4 Å². The van der Waals surface area contributed by atoms with Gasteiger partial charge in [-0.1, -0.05) is 6.08 Å². The average molecular weight is 383 g/mol. The Kier molecular flexibility index (Phi) is 9.23. The highest BCUT2D eigenvalue weighted by molar-refractivity contribution is 7.58. The van der Waals surface area contributed by atoms with Crippen LogP contribution in [0.2, 0.25) is 0 Å². The average Bonchev–Trinajstić information content (AvgIpc) is 2.60. The second-order valence-corrected chi connectivity index (χ2v) is 7.29. The quantitative estimate of drug-likeness (QED) is 0.240. The molecule has 0 aliphatic rings. The Labute approximate surface area is 154 Å². The maximum absolute atomic E-state index is 13.2. The number of nitrogens with one attached hydrogen (secondary N) is 2. The highest BCUT2D eigenvalue weighted by atomic mass is 31.2. The molecule has 0 aliphatic carbocycles. The molecule has 1 unspecified atom stereocenters. The van der Waals surface area contributed by atoms with Crippen LogP contribution in [0.1, 0.15) is 20.8 Å². The molecule has 0 heterocycles. The van der Waals surface area contributed by atoms with Crippen molar-refractivity contribution in [3.63, 3.8) is 0 Å². The number of rotatable bonds is 12. The summed E-state index contributed by atoms with van der Waals surface area (Å²) in [5, 5.41) is 17.0. The summed E-state index contributed by atoms with van der Waals surface area (Å²) in [4.78, 5) is 10.3. The third kappa shape index (κ3) is 6.72. The first-order chi connectivity index (χ1) is 12.4. The van der Waals surface area contributed by atoms with E-state index in [2.05, 4.69) is 17.2 Å². The van der Waals surface area contributed by atoms with E-state index in [1.165, 1.54) is 24.3 Å². The molecule has 1 aromatic rings. The molecule has 2 N–H and O–H groups in total. The van der Waals surface area contributed by atoms with Crippen molar-refractivity contribution >= 4 is 19.0 Å². The lowest BCUT2D eigenvalue weighted by atomic mass is 10.3. The number of nitro benzene ring substituents is 1. The van der Waals surface area contributed by atoms with Gasteiger partial charge in [-0.15, -0.1) is 6.58 Å². The summed E-state index contributed by atoms with van der Waals surface area (Å²) in [7, 11) is -3.56. The molecule has 0 spiro atoms. The Morgan fingerprint density at radius 3 is 2.35 bits per heavy atom. The maximum Gasteiger partial charge on any atom is 0.377 e. The monoisotopic (exact) mass is 383 g/mol. The zero-order valence-corrected chi connectivity index (χ0v) is 16.2. The molecule has 0 aliphatic heterocycles. The molecule has 0 aromatic heterocycles. The molecule has 0 bridgehead atoms. The van der Waals surface area contributed by atoms with Crippen LogP contribution in [-0.4, -0.2) is 30.7 Å². The molecule has 0 amide bonds. The topological polar surface area (TPSA) is 103 Å². The van der Waals surface area contributed by atoms with E-state index in [0.29, 0.717) is 12.2 Å². The number of anilines is 1. The predicted octanol–water partition coefficient (Wildman–Crippen LogP) is 4.28. The molecule has 0 fully saturated rings. The van der Waals surface area contributed by atoms with Gasteiger partial charge in [-0.25, -0.2) is 0 Å². The number of nitro groups is 1. The zero-order valence-electron chi connectivity index (χ0n) is 15.3. The summed E-state index contributed by atoms with van der Waals surface area (Å²) in [5.74, 6) is 0. The number of hydrogen-bond donors (Lipinski definition) is 2. The fourth-order valence-electron chi connectivity index (χ4n) is 2.10. The van der Waals surface area contributed by atoms with E-state index in [1.54, 1.807) is 26.0 Å². The van der Waals surface area contributed by atoms with E-state index in [9.17, 15) is 14.7 Å². The van der Waals surface area contributed by atoms with Crippen molar-refractivity contribution in [1.82, 2.24) is 5.32 Å². The third-order valence-electron chi connectivity index (χ3n) is 3.24. The lowest BCUT2D eigenvalue weighted by molar-refractivity contribution is -0.384. The fourth-order valence-corrected chi connectivity index (χ4v) is 3.80. The third-order valence-corrected chi connectivity index (χ3v) is 5.28. The SMILES string of the molecule is C=CCNC(C)/C=C(\Nc1ccc([N+](=O)[O-])cc1)P(=O)(OCC)OCC. The lowest BCUT2D eigenvalue weighted by Crippen LogP contribution is -2.25. The molecule has 0 saturated heterocycles. The molecule has 1 aromatic carbocycles. The van der Waals surface area contributed by atoms with Crippen molar-refractivity contribution in [2.24, 2.45) is 0 Å². The standard InChI is InChI=1S/C17H26N3O5P/c1-5-12-18-14(4)13-17(26(23,24-6-2)25-7-3)19-15-8-10-16(11-9-15)20(21)22/h5,8-11,13-14,18-19H,1,6-7,12H2,2-4H3/b17-13+. The van der Waals surface area contributed by atoms with Gasteiger partial charge in [-0.3, -0.25) is 14.7 Å². The van der Waals surface area contributed by atoms with Crippen LogP contribution in [0, 0.1) is 10.1 Å². The summed E-state index contributed by atoms with van der Waals surface area (Å²) in [6, 6.07) is 5.67. The predicted molar refractivity (Wildman–Crippen MR) is 103 cm³/mol. The van der Waals surface area contributed by atoms with E-state index >= 15 is 0 Å². The maximum atomic E-state index is 13.2. The Morgan fingerprint density at radius 1 is 1.31 bits per heavy atom. The summed E-state index contributed by atoms with van der Waals surface area (Å²) in [5.41, 5.74) is 0.788. The molecule has 8 nitrogen and oxygen atoms in total. The molecule has 26 heavy (non-hydrogen) atoms. The molecule has 0 saturated carbocycles. The Balaban J connectivity index is 3.17. The molecular weight excluding hydrogens is 357 g/mol. The number of nitrogens with zero attached hydrogens (tertiary/aromatic N) is 1. The Bertz CT molecular complexity index is 665. The fraction of sp³-hybridized carbons (Fsp3) is 0.412. The van der Waals surface area contributed by atoms with Crippen LogP contribution < -0.4 is 10.6 Å². The van der Waals surface area contributed by atoms with Gasteiger partial charge in [0.25, 0.3) is 5.69 Å².